The molecule has 28 heavy (non-hydrogen) atoms. The molecule has 0 aromatic carbocycles. The fraction of sp³-hybridized carbons (Fsp3) is 0.889. The van der Waals surface area contributed by atoms with Gasteiger partial charge in [-0.2, -0.15) is 11.8 Å². The van der Waals surface area contributed by atoms with Gasteiger partial charge in [0.15, 0.2) is 0 Å². The summed E-state index contributed by atoms with van der Waals surface area (Å²) in [5.74, 6) is 1.03. The minimum absolute atomic E-state index is 0.0509. The van der Waals surface area contributed by atoms with Crippen molar-refractivity contribution in [2.75, 3.05) is 58.5 Å². The molecule has 3 amide bonds. The maximum Gasteiger partial charge on any atom is 0.315 e. The molecule has 2 aliphatic rings. The number of nitrogens with two attached hydrogens (primary N) is 1. The third kappa shape index (κ3) is 8.95. The van der Waals surface area contributed by atoms with Crippen molar-refractivity contribution in [3.8, 4) is 0 Å². The molecule has 10 heteroatoms. The van der Waals surface area contributed by atoms with Crippen LogP contribution in [0.25, 0.3) is 0 Å². The summed E-state index contributed by atoms with van der Waals surface area (Å²) in [6, 6.07) is 0.455. The van der Waals surface area contributed by atoms with Crippen LogP contribution in [0.4, 0.5) is 4.79 Å². The molecule has 0 radical (unpaired) electrons. The van der Waals surface area contributed by atoms with E-state index in [0.29, 0.717) is 64.4 Å². The molecule has 2 fully saturated rings. The first-order valence-electron chi connectivity index (χ1n) is 10.1. The SMILES string of the molecule is NCCOCCOCCOCCNC(=O)CCCC[C@@H]1SC[C@H]2NC(=O)N[C@@H]12. The molecule has 0 spiro atoms. The van der Waals surface area contributed by atoms with E-state index >= 15 is 0 Å². The van der Waals surface area contributed by atoms with Gasteiger partial charge in [0.25, 0.3) is 0 Å². The van der Waals surface area contributed by atoms with Gasteiger partial charge in [-0.1, -0.05) is 6.42 Å². The molecule has 3 atom stereocenters. The van der Waals surface area contributed by atoms with Crippen molar-refractivity contribution >= 4 is 23.7 Å². The van der Waals surface area contributed by atoms with E-state index in [4.69, 9.17) is 19.9 Å². The zero-order valence-electron chi connectivity index (χ0n) is 16.5. The zero-order chi connectivity index (χ0) is 20.0. The normalized spacial score (nSPS) is 23.3. The van der Waals surface area contributed by atoms with Gasteiger partial charge < -0.3 is 35.9 Å². The standard InChI is InChI=1S/C18H34N4O5S/c19-5-7-25-9-11-27-12-10-26-8-6-20-16(23)4-2-1-3-15-17-14(13-28-15)21-18(24)22-17/h14-15,17H,1-13,19H2,(H,20,23)(H2,21,22,24)/t14-,15+,17-/m1/s1. The average Bonchev–Trinajstić information content (AvgIpc) is 3.22. The Morgan fingerprint density at radius 3 is 2.54 bits per heavy atom. The number of hydrogen-bond donors (Lipinski definition) is 4. The second-order valence-corrected chi connectivity index (χ2v) is 8.12. The maximum atomic E-state index is 11.8. The minimum atomic E-state index is -0.0509. The number of carbonyl (C=O) groups is 2. The summed E-state index contributed by atoms with van der Waals surface area (Å²) < 4.78 is 15.9. The number of unbranched alkanes of at least 4 members (excludes halogenated alkanes) is 1. The Kier molecular flexibility index (Phi) is 11.6. The van der Waals surface area contributed by atoms with Gasteiger partial charge in [-0.3, -0.25) is 4.79 Å². The lowest BCUT2D eigenvalue weighted by Crippen LogP contribution is -2.36. The van der Waals surface area contributed by atoms with E-state index in [2.05, 4.69) is 16.0 Å². The Balaban J connectivity index is 1.34. The van der Waals surface area contributed by atoms with Crippen LogP contribution in [0.3, 0.4) is 0 Å². The molecule has 2 rings (SSSR count). The van der Waals surface area contributed by atoms with E-state index in [-0.39, 0.29) is 24.0 Å². The van der Waals surface area contributed by atoms with Gasteiger partial charge in [0, 0.05) is 30.5 Å². The number of urea groups is 1. The van der Waals surface area contributed by atoms with Crippen LogP contribution in [0.5, 0.6) is 0 Å². The smallest absolute Gasteiger partial charge is 0.315 e. The second kappa shape index (κ2) is 14.0. The highest BCUT2D eigenvalue weighted by Gasteiger charge is 2.42. The molecule has 2 heterocycles. The van der Waals surface area contributed by atoms with Crippen LogP contribution >= 0.6 is 11.8 Å². The van der Waals surface area contributed by atoms with E-state index in [1.165, 1.54) is 0 Å². The number of nitrogens with one attached hydrogen (secondary N) is 3. The number of ether oxygens (including phenoxy) is 3. The van der Waals surface area contributed by atoms with Crippen LogP contribution < -0.4 is 21.7 Å². The first-order valence-corrected chi connectivity index (χ1v) is 11.1. The molecular weight excluding hydrogens is 384 g/mol. The Labute approximate surface area is 171 Å². The fourth-order valence-electron chi connectivity index (χ4n) is 3.25. The lowest BCUT2D eigenvalue weighted by Gasteiger charge is -2.16. The summed E-state index contributed by atoms with van der Waals surface area (Å²) in [6.07, 6.45) is 3.42. The highest BCUT2D eigenvalue weighted by Crippen LogP contribution is 2.33. The van der Waals surface area contributed by atoms with E-state index in [1.807, 2.05) is 11.8 Å². The monoisotopic (exact) mass is 418 g/mol. The largest absolute Gasteiger partial charge is 0.378 e. The van der Waals surface area contributed by atoms with Gasteiger partial charge in [0.1, 0.15) is 0 Å². The molecule has 5 N–H and O–H groups in total. The number of carbonyl (C=O) groups excluding carboxylic acids is 2. The molecule has 162 valence electrons. The number of rotatable bonds is 16. The molecule has 2 aliphatic heterocycles. The third-order valence-electron chi connectivity index (χ3n) is 4.66. The molecule has 9 nitrogen and oxygen atoms in total. The van der Waals surface area contributed by atoms with Crippen molar-refractivity contribution in [2.24, 2.45) is 5.73 Å². The van der Waals surface area contributed by atoms with Gasteiger partial charge in [-0.15, -0.1) is 0 Å². The molecule has 2 saturated heterocycles. The van der Waals surface area contributed by atoms with Crippen molar-refractivity contribution in [1.82, 2.24) is 16.0 Å². The fourth-order valence-corrected chi connectivity index (χ4v) is 4.79. The van der Waals surface area contributed by atoms with E-state index in [0.717, 1.165) is 25.0 Å². The van der Waals surface area contributed by atoms with Crippen LogP contribution in [-0.4, -0.2) is 87.8 Å². The summed E-state index contributed by atoms with van der Waals surface area (Å²) in [5, 5.41) is 9.26. The molecule has 0 aromatic rings. The second-order valence-electron chi connectivity index (χ2n) is 6.84. The molecule has 0 aliphatic carbocycles. The Hall–Kier alpha value is -1.07. The number of fused-ring (bicyclic) bond motifs is 1. The minimum Gasteiger partial charge on any atom is -0.378 e. The van der Waals surface area contributed by atoms with Crippen LogP contribution in [0.1, 0.15) is 25.7 Å². The summed E-state index contributed by atoms with van der Waals surface area (Å²) in [6.45, 7) is 4.15. The number of amides is 3. The lowest BCUT2D eigenvalue weighted by atomic mass is 10.0. The number of thioether (sulfide) groups is 1. The van der Waals surface area contributed by atoms with Gasteiger partial charge in [0.2, 0.25) is 5.91 Å². The van der Waals surface area contributed by atoms with Crippen molar-refractivity contribution < 1.29 is 23.8 Å². The van der Waals surface area contributed by atoms with Crippen molar-refractivity contribution in [1.29, 1.82) is 0 Å². The van der Waals surface area contributed by atoms with Crippen molar-refractivity contribution in [3.63, 3.8) is 0 Å². The first kappa shape index (κ1) is 23.2. The number of hydrogen-bond acceptors (Lipinski definition) is 7. The molecular formula is C18H34N4O5S. The summed E-state index contributed by atoms with van der Waals surface area (Å²) >= 11 is 1.91. The summed E-state index contributed by atoms with van der Waals surface area (Å²) in [7, 11) is 0. The molecule has 0 saturated carbocycles. The molecule has 0 bridgehead atoms. The molecule has 0 unspecified atom stereocenters. The topological polar surface area (TPSA) is 124 Å². The Morgan fingerprint density at radius 2 is 1.79 bits per heavy atom. The zero-order valence-corrected chi connectivity index (χ0v) is 17.3. The van der Waals surface area contributed by atoms with Crippen LogP contribution in [0, 0.1) is 0 Å². The van der Waals surface area contributed by atoms with Crippen molar-refractivity contribution in [2.45, 2.75) is 43.0 Å². The van der Waals surface area contributed by atoms with E-state index in [9.17, 15) is 9.59 Å². The third-order valence-corrected chi connectivity index (χ3v) is 6.16. The van der Waals surface area contributed by atoms with E-state index in [1.54, 1.807) is 0 Å². The maximum absolute atomic E-state index is 11.8. The highest BCUT2D eigenvalue weighted by molar-refractivity contribution is 8.00. The first-order chi connectivity index (χ1) is 13.7. The predicted octanol–water partition coefficient (Wildman–Crippen LogP) is -0.163. The van der Waals surface area contributed by atoms with Crippen LogP contribution in [0.15, 0.2) is 0 Å². The van der Waals surface area contributed by atoms with Gasteiger partial charge in [0.05, 0.1) is 51.7 Å². The highest BCUT2D eigenvalue weighted by atomic mass is 32.2. The molecule has 0 aromatic heterocycles. The average molecular weight is 419 g/mol. The van der Waals surface area contributed by atoms with Gasteiger partial charge in [-0.05, 0) is 12.8 Å². The van der Waals surface area contributed by atoms with Gasteiger partial charge >= 0.3 is 6.03 Å². The summed E-state index contributed by atoms with van der Waals surface area (Å²) in [4.78, 5) is 23.2. The van der Waals surface area contributed by atoms with Crippen LogP contribution in [0.2, 0.25) is 0 Å². The van der Waals surface area contributed by atoms with E-state index < -0.39 is 0 Å². The van der Waals surface area contributed by atoms with Crippen LogP contribution in [-0.2, 0) is 19.0 Å². The lowest BCUT2D eigenvalue weighted by molar-refractivity contribution is -0.121. The predicted molar refractivity (Wildman–Crippen MR) is 108 cm³/mol. The Morgan fingerprint density at radius 1 is 1.07 bits per heavy atom. The van der Waals surface area contributed by atoms with Crippen molar-refractivity contribution in [3.05, 3.63) is 0 Å². The summed E-state index contributed by atoms with van der Waals surface area (Å²) in [5.41, 5.74) is 5.31. The van der Waals surface area contributed by atoms with Gasteiger partial charge in [-0.25, -0.2) is 4.79 Å². The quantitative estimate of drug-likeness (QED) is 0.203. The Bertz CT molecular complexity index is 471.